The Labute approximate surface area is 117 Å². The van der Waals surface area contributed by atoms with Gasteiger partial charge in [-0.25, -0.2) is 4.79 Å². The summed E-state index contributed by atoms with van der Waals surface area (Å²) in [5, 5.41) is 8.72. The van der Waals surface area contributed by atoms with Crippen LogP contribution < -0.4 is 9.47 Å². The highest BCUT2D eigenvalue weighted by Crippen LogP contribution is 2.45. The molecule has 0 unspecified atom stereocenters. The predicted octanol–water partition coefficient (Wildman–Crippen LogP) is 3.57. The second-order valence-corrected chi connectivity index (χ2v) is 4.18. The fourth-order valence-electron chi connectivity index (χ4n) is 2.20. The zero-order chi connectivity index (χ0) is 15.8. The number of alkyl halides is 3. The van der Waals surface area contributed by atoms with Gasteiger partial charge in [0.25, 0.3) is 0 Å². The van der Waals surface area contributed by atoms with E-state index in [9.17, 15) is 18.0 Å². The number of fused-ring (bicyclic) bond motifs is 1. The lowest BCUT2D eigenvalue weighted by Gasteiger charge is -2.17. The monoisotopic (exact) mass is 300 g/mol. The fraction of sp³-hybridized carbons (Fsp3) is 0.214. The molecular weight excluding hydrogens is 289 g/mol. The Morgan fingerprint density at radius 2 is 1.62 bits per heavy atom. The van der Waals surface area contributed by atoms with E-state index in [1.54, 1.807) is 0 Å². The first-order valence-corrected chi connectivity index (χ1v) is 5.79. The molecule has 0 aliphatic rings. The highest BCUT2D eigenvalue weighted by molar-refractivity contribution is 6.07. The zero-order valence-electron chi connectivity index (χ0n) is 11.1. The van der Waals surface area contributed by atoms with E-state index in [-0.39, 0.29) is 22.1 Å². The van der Waals surface area contributed by atoms with Crippen molar-refractivity contribution in [2.45, 2.75) is 6.18 Å². The van der Waals surface area contributed by atoms with Gasteiger partial charge in [0.2, 0.25) is 0 Å². The van der Waals surface area contributed by atoms with E-state index < -0.39 is 23.5 Å². The number of hydrogen-bond donors (Lipinski definition) is 1. The largest absolute Gasteiger partial charge is 0.496 e. The smallest absolute Gasteiger partial charge is 0.420 e. The minimum Gasteiger partial charge on any atom is -0.496 e. The quantitative estimate of drug-likeness (QED) is 0.941. The number of hydrogen-bond acceptors (Lipinski definition) is 3. The normalized spacial score (nSPS) is 11.5. The molecule has 21 heavy (non-hydrogen) atoms. The molecule has 2 rings (SSSR count). The maximum Gasteiger partial charge on any atom is 0.420 e. The van der Waals surface area contributed by atoms with Gasteiger partial charge in [0, 0.05) is 10.8 Å². The van der Waals surface area contributed by atoms with Crippen LogP contribution in [0, 0.1) is 0 Å². The third-order valence-electron chi connectivity index (χ3n) is 3.06. The molecule has 0 saturated carbocycles. The number of rotatable bonds is 3. The molecule has 2 aromatic rings. The number of halogens is 3. The van der Waals surface area contributed by atoms with Gasteiger partial charge in [-0.05, 0) is 24.3 Å². The molecule has 0 aliphatic carbocycles. The third kappa shape index (κ3) is 2.46. The van der Waals surface area contributed by atoms with Crippen molar-refractivity contribution in [3.05, 3.63) is 35.4 Å². The summed E-state index contributed by atoms with van der Waals surface area (Å²) in [6.07, 6.45) is -4.71. The van der Waals surface area contributed by atoms with Crippen LogP contribution in [0.25, 0.3) is 10.8 Å². The van der Waals surface area contributed by atoms with Crippen molar-refractivity contribution < 1.29 is 32.5 Å². The molecule has 0 amide bonds. The van der Waals surface area contributed by atoms with Crippen LogP contribution in [0.1, 0.15) is 15.9 Å². The minimum atomic E-state index is -4.71. The molecule has 0 fully saturated rings. The van der Waals surface area contributed by atoms with Crippen LogP contribution in [-0.4, -0.2) is 25.3 Å². The van der Waals surface area contributed by atoms with Crippen molar-refractivity contribution in [2.75, 3.05) is 14.2 Å². The number of benzene rings is 2. The summed E-state index contributed by atoms with van der Waals surface area (Å²) in [5.41, 5.74) is -1.29. The summed E-state index contributed by atoms with van der Waals surface area (Å²) < 4.78 is 49.7. The van der Waals surface area contributed by atoms with Crippen LogP contribution in [0.5, 0.6) is 11.5 Å². The van der Waals surface area contributed by atoms with E-state index in [1.165, 1.54) is 25.3 Å². The summed E-state index contributed by atoms with van der Waals surface area (Å²) in [5.74, 6) is -1.78. The lowest BCUT2D eigenvalue weighted by molar-refractivity contribution is -0.137. The Morgan fingerprint density at radius 1 is 1.05 bits per heavy atom. The zero-order valence-corrected chi connectivity index (χ0v) is 11.1. The van der Waals surface area contributed by atoms with E-state index in [2.05, 4.69) is 0 Å². The maximum absolute atomic E-state index is 13.3. The Kier molecular flexibility index (Phi) is 3.67. The van der Waals surface area contributed by atoms with Crippen LogP contribution in [0.15, 0.2) is 24.3 Å². The summed E-state index contributed by atoms with van der Waals surface area (Å²) in [6.45, 7) is 0. The number of methoxy groups -OCH3 is 2. The summed E-state index contributed by atoms with van der Waals surface area (Å²) in [7, 11) is 2.33. The van der Waals surface area contributed by atoms with Gasteiger partial charge in [-0.1, -0.05) is 0 Å². The maximum atomic E-state index is 13.3. The fourth-order valence-corrected chi connectivity index (χ4v) is 2.20. The Hall–Kier alpha value is -2.44. The van der Waals surface area contributed by atoms with Gasteiger partial charge in [0.1, 0.15) is 17.1 Å². The predicted molar refractivity (Wildman–Crippen MR) is 69.0 cm³/mol. The molecule has 1 N–H and O–H groups in total. The molecule has 0 atom stereocenters. The van der Waals surface area contributed by atoms with Gasteiger partial charge in [0.05, 0.1) is 19.8 Å². The van der Waals surface area contributed by atoms with Crippen molar-refractivity contribution in [1.29, 1.82) is 0 Å². The second kappa shape index (κ2) is 5.16. The molecule has 0 radical (unpaired) electrons. The highest BCUT2D eigenvalue weighted by atomic mass is 19.4. The molecule has 4 nitrogen and oxygen atoms in total. The van der Waals surface area contributed by atoms with Crippen molar-refractivity contribution in [1.82, 2.24) is 0 Å². The molecule has 0 aliphatic heterocycles. The SMILES string of the molecule is COc1ccc2c(C(=O)O)ccc(OC)c2c1C(F)(F)F. The van der Waals surface area contributed by atoms with Crippen LogP contribution in [0.2, 0.25) is 0 Å². The summed E-state index contributed by atoms with van der Waals surface area (Å²) >= 11 is 0. The van der Waals surface area contributed by atoms with Crippen LogP contribution >= 0.6 is 0 Å². The van der Waals surface area contributed by atoms with Crippen LogP contribution in [-0.2, 0) is 6.18 Å². The number of carboxylic acids is 1. The summed E-state index contributed by atoms with van der Waals surface area (Å²) in [4.78, 5) is 11.2. The molecule has 0 bridgehead atoms. The summed E-state index contributed by atoms with van der Waals surface area (Å²) in [6, 6.07) is 4.77. The van der Waals surface area contributed by atoms with Gasteiger partial charge in [-0.2, -0.15) is 13.2 Å². The van der Waals surface area contributed by atoms with Crippen LogP contribution in [0.3, 0.4) is 0 Å². The molecule has 0 heterocycles. The number of carboxylic acid groups (broad SMARTS) is 1. The minimum absolute atomic E-state index is 0.0602. The molecule has 2 aromatic carbocycles. The molecule has 0 spiro atoms. The van der Waals surface area contributed by atoms with Gasteiger partial charge in [-0.15, -0.1) is 0 Å². The van der Waals surface area contributed by atoms with Crippen LogP contribution in [0.4, 0.5) is 13.2 Å². The van der Waals surface area contributed by atoms with E-state index in [4.69, 9.17) is 14.6 Å². The average molecular weight is 300 g/mol. The first kappa shape index (κ1) is 15.0. The second-order valence-electron chi connectivity index (χ2n) is 4.18. The first-order chi connectivity index (χ1) is 9.81. The van der Waals surface area contributed by atoms with Gasteiger partial charge >= 0.3 is 12.1 Å². The standard InChI is InChI=1S/C14H11F3O4/c1-20-9-5-4-8(13(18)19)7-3-6-10(21-2)12(11(7)9)14(15,16)17/h3-6H,1-2H3,(H,18,19). The Balaban J connectivity index is 3.03. The molecule has 112 valence electrons. The molecule has 0 saturated heterocycles. The molecule has 7 heteroatoms. The van der Waals surface area contributed by atoms with Gasteiger partial charge in [0.15, 0.2) is 0 Å². The van der Waals surface area contributed by atoms with Gasteiger partial charge in [-0.3, -0.25) is 0 Å². The topological polar surface area (TPSA) is 55.8 Å². The molecule has 0 aromatic heterocycles. The van der Waals surface area contributed by atoms with Crippen molar-refractivity contribution >= 4 is 16.7 Å². The molecular formula is C14H11F3O4. The van der Waals surface area contributed by atoms with E-state index in [1.807, 2.05) is 0 Å². The first-order valence-electron chi connectivity index (χ1n) is 5.79. The van der Waals surface area contributed by atoms with Crippen molar-refractivity contribution in [3.63, 3.8) is 0 Å². The van der Waals surface area contributed by atoms with Crippen molar-refractivity contribution in [2.24, 2.45) is 0 Å². The number of carbonyl (C=O) groups is 1. The van der Waals surface area contributed by atoms with Crippen molar-refractivity contribution in [3.8, 4) is 11.5 Å². The van der Waals surface area contributed by atoms with E-state index >= 15 is 0 Å². The third-order valence-corrected chi connectivity index (χ3v) is 3.06. The number of ether oxygens (including phenoxy) is 2. The average Bonchev–Trinajstić information content (AvgIpc) is 2.43. The highest BCUT2D eigenvalue weighted by Gasteiger charge is 2.38. The Morgan fingerprint density at radius 3 is 2.10 bits per heavy atom. The Bertz CT molecular complexity index is 707. The lowest BCUT2D eigenvalue weighted by atomic mass is 9.97. The lowest BCUT2D eigenvalue weighted by Crippen LogP contribution is -2.10. The van der Waals surface area contributed by atoms with E-state index in [0.717, 1.165) is 13.2 Å². The van der Waals surface area contributed by atoms with Gasteiger partial charge < -0.3 is 14.6 Å². The van der Waals surface area contributed by atoms with E-state index in [0.29, 0.717) is 0 Å². The number of aromatic carboxylic acids is 1.